The van der Waals surface area contributed by atoms with Gasteiger partial charge in [0.15, 0.2) is 0 Å². The monoisotopic (exact) mass is 674 g/mol. The second-order valence-electron chi connectivity index (χ2n) is 1.51. The van der Waals surface area contributed by atoms with E-state index in [0.717, 1.165) is 6.42 Å². The van der Waals surface area contributed by atoms with E-state index in [2.05, 4.69) is 13.8 Å². The zero-order valence-corrected chi connectivity index (χ0v) is 18.3. The molecule has 0 amide bonds. The average Bonchev–Trinajstić information content (AvgIpc) is 2.40. The standard InChI is InChI=1S/C6H6.C3H6.3C2H6.6CH4.2W/c1-2-4-6-5-3-1;1-3-2;3*1-2;;;;;;;;/h1-6H;1-3H2;3*1-2H3;6*1H4;;/q;-2;;;;;;;;;;;. The van der Waals surface area contributed by atoms with Crippen LogP contribution in [0.2, 0.25) is 0 Å². The molecule has 0 aromatic heterocycles. The normalized spacial score (nSPS) is 3.65. The molecular formula is C21H54W2-2. The van der Waals surface area contributed by atoms with Crippen LogP contribution in [0.25, 0.3) is 0 Å². The van der Waals surface area contributed by atoms with E-state index in [1.165, 1.54) is 0 Å². The van der Waals surface area contributed by atoms with E-state index in [1.54, 1.807) is 0 Å². The van der Waals surface area contributed by atoms with E-state index in [1.807, 2.05) is 77.9 Å². The Labute approximate surface area is 184 Å². The van der Waals surface area contributed by atoms with Crippen molar-refractivity contribution in [2.24, 2.45) is 0 Å². The Hall–Kier alpha value is 0.597. The van der Waals surface area contributed by atoms with Gasteiger partial charge in [0.2, 0.25) is 0 Å². The average molecular weight is 674 g/mol. The summed E-state index contributed by atoms with van der Waals surface area (Å²) in [5, 5.41) is 0. The number of hydrogen-bond acceptors (Lipinski definition) is 0. The molecule has 1 rings (SSSR count). The second kappa shape index (κ2) is 183. The van der Waals surface area contributed by atoms with Gasteiger partial charge in [-0.25, -0.2) is 0 Å². The van der Waals surface area contributed by atoms with Gasteiger partial charge >= 0.3 is 0 Å². The summed E-state index contributed by atoms with van der Waals surface area (Å²) in [6.45, 7) is 18.8. The van der Waals surface area contributed by atoms with Crippen LogP contribution in [0.4, 0.5) is 0 Å². The first kappa shape index (κ1) is 89.6. The topological polar surface area (TPSA) is 0 Å². The third kappa shape index (κ3) is 220. The number of hydrogen-bond donors (Lipinski definition) is 0. The van der Waals surface area contributed by atoms with Gasteiger partial charge in [0.25, 0.3) is 0 Å². The molecule has 23 heavy (non-hydrogen) atoms. The molecule has 0 saturated heterocycles. The molecule has 0 unspecified atom stereocenters. The molecule has 152 valence electrons. The minimum atomic E-state index is 0. The first-order valence-corrected chi connectivity index (χ1v) is 6.00. The van der Waals surface area contributed by atoms with Crippen LogP contribution in [-0.2, 0) is 42.1 Å². The molecular weight excluding hydrogens is 620 g/mol. The van der Waals surface area contributed by atoms with Crippen molar-refractivity contribution in [3.05, 3.63) is 50.2 Å². The molecule has 0 spiro atoms. The maximum atomic E-state index is 3.38. The molecule has 1 aromatic rings. The molecule has 0 aliphatic rings. The summed E-state index contributed by atoms with van der Waals surface area (Å²) in [6.07, 6.45) is 0.750. The summed E-state index contributed by atoms with van der Waals surface area (Å²) in [5.74, 6) is 0. The van der Waals surface area contributed by atoms with Crippen molar-refractivity contribution in [2.45, 2.75) is 92.5 Å². The Morgan fingerprint density at radius 1 is 0.435 bits per heavy atom. The van der Waals surface area contributed by atoms with Gasteiger partial charge in [0, 0.05) is 42.1 Å². The molecule has 0 N–H and O–H groups in total. The smallest absolute Gasteiger partial charge is 0 e. The predicted octanol–water partition coefficient (Wildman–Crippen LogP) is 9.62. The maximum Gasteiger partial charge on any atom is 0 e. The van der Waals surface area contributed by atoms with Crippen LogP contribution >= 0.6 is 0 Å². The van der Waals surface area contributed by atoms with Crippen LogP contribution in [0.1, 0.15) is 92.5 Å². The van der Waals surface area contributed by atoms with Crippen molar-refractivity contribution in [3.8, 4) is 0 Å². The van der Waals surface area contributed by atoms with Crippen molar-refractivity contribution in [2.75, 3.05) is 0 Å². The number of benzene rings is 1. The fourth-order valence-corrected chi connectivity index (χ4v) is 0.385. The Morgan fingerprint density at radius 2 is 0.478 bits per heavy atom. The van der Waals surface area contributed by atoms with Gasteiger partial charge in [-0.3, -0.25) is 0 Å². The summed E-state index contributed by atoms with van der Waals surface area (Å²) in [5.41, 5.74) is 0. The van der Waals surface area contributed by atoms with E-state index in [0.29, 0.717) is 0 Å². The van der Waals surface area contributed by atoms with Crippen molar-refractivity contribution >= 4 is 0 Å². The van der Waals surface area contributed by atoms with E-state index >= 15 is 0 Å². The SMILES string of the molecule is C.C.C.C.C.C.CC.CC.CC.[CH2-]C[CH2-].[W].[W].c1ccccc1. The maximum absolute atomic E-state index is 3.38. The van der Waals surface area contributed by atoms with E-state index in [9.17, 15) is 0 Å². The van der Waals surface area contributed by atoms with Crippen LogP contribution in [0.5, 0.6) is 0 Å². The molecule has 0 saturated carbocycles. The predicted molar refractivity (Wildman–Crippen MR) is 116 cm³/mol. The molecule has 1 aromatic carbocycles. The van der Waals surface area contributed by atoms with Crippen LogP contribution < -0.4 is 0 Å². The third-order valence-electron chi connectivity index (χ3n) is 0.667. The summed E-state index contributed by atoms with van der Waals surface area (Å²) in [7, 11) is 0. The van der Waals surface area contributed by atoms with Gasteiger partial charge in [-0.1, -0.05) is 123 Å². The molecule has 2 heteroatoms. The zero-order chi connectivity index (χ0) is 12.9. The third-order valence-corrected chi connectivity index (χ3v) is 0.667. The quantitative estimate of drug-likeness (QED) is 0.241. The number of rotatable bonds is 0. The largest absolute Gasteiger partial charge is 0.372 e. The minimum absolute atomic E-state index is 0. The molecule has 0 bridgehead atoms. The van der Waals surface area contributed by atoms with Gasteiger partial charge in [0.05, 0.1) is 0 Å². The van der Waals surface area contributed by atoms with Crippen molar-refractivity contribution in [1.82, 2.24) is 0 Å². The second-order valence-corrected chi connectivity index (χ2v) is 1.51. The van der Waals surface area contributed by atoms with Crippen LogP contribution in [0, 0.1) is 13.8 Å². The molecule has 0 aliphatic heterocycles. The summed E-state index contributed by atoms with van der Waals surface area (Å²) in [4.78, 5) is 0. The van der Waals surface area contributed by atoms with E-state index in [-0.39, 0.29) is 86.7 Å². The van der Waals surface area contributed by atoms with E-state index < -0.39 is 0 Å². The van der Waals surface area contributed by atoms with Gasteiger partial charge < -0.3 is 20.3 Å². The summed E-state index contributed by atoms with van der Waals surface area (Å²) >= 11 is 0. The van der Waals surface area contributed by atoms with Crippen molar-refractivity contribution in [1.29, 1.82) is 0 Å². The molecule has 0 aliphatic carbocycles. The Balaban J connectivity index is -0.00000000655. The molecule has 0 nitrogen and oxygen atoms in total. The van der Waals surface area contributed by atoms with Crippen molar-refractivity contribution in [3.63, 3.8) is 0 Å². The van der Waals surface area contributed by atoms with Gasteiger partial charge in [-0.2, -0.15) is 0 Å². The first-order valence-electron chi connectivity index (χ1n) is 6.00. The molecule has 0 fully saturated rings. The van der Waals surface area contributed by atoms with Crippen LogP contribution in [0.3, 0.4) is 0 Å². The fourth-order valence-electron chi connectivity index (χ4n) is 0.385. The Bertz CT molecular complexity index is 92.7. The minimum Gasteiger partial charge on any atom is -0.372 e. The fraction of sp³-hybridized carbons (Fsp3) is 0.619. The molecule has 0 atom stereocenters. The Morgan fingerprint density at radius 3 is 0.522 bits per heavy atom. The van der Waals surface area contributed by atoms with E-state index in [4.69, 9.17) is 0 Å². The van der Waals surface area contributed by atoms with Gasteiger partial charge in [0.1, 0.15) is 0 Å². The van der Waals surface area contributed by atoms with Gasteiger partial charge in [-0.15, -0.1) is 0 Å². The van der Waals surface area contributed by atoms with Crippen molar-refractivity contribution < 1.29 is 42.1 Å². The van der Waals surface area contributed by atoms with Crippen LogP contribution in [-0.4, -0.2) is 0 Å². The summed E-state index contributed by atoms with van der Waals surface area (Å²) < 4.78 is 0. The summed E-state index contributed by atoms with van der Waals surface area (Å²) in [6, 6.07) is 12.0. The molecule has 0 radical (unpaired) electrons. The van der Waals surface area contributed by atoms with Gasteiger partial charge in [-0.05, 0) is 0 Å². The Kier molecular flexibility index (Phi) is 711. The van der Waals surface area contributed by atoms with Crippen LogP contribution in [0.15, 0.2) is 36.4 Å². The molecule has 0 heterocycles. The zero-order valence-electron chi connectivity index (χ0n) is 12.4. The first-order chi connectivity index (χ1) is 7.41.